The summed E-state index contributed by atoms with van der Waals surface area (Å²) in [6.07, 6.45) is 0.684. The molecule has 3 rings (SSSR count). The van der Waals surface area contributed by atoms with Gasteiger partial charge in [-0.25, -0.2) is 0 Å². The van der Waals surface area contributed by atoms with Crippen LogP contribution in [0.25, 0.3) is 0 Å². The molecule has 1 aliphatic heterocycles. The van der Waals surface area contributed by atoms with Crippen LogP contribution in [0.3, 0.4) is 0 Å². The Labute approximate surface area is 121 Å². The van der Waals surface area contributed by atoms with Crippen LogP contribution in [0.15, 0.2) is 36.4 Å². The van der Waals surface area contributed by atoms with Gasteiger partial charge in [-0.2, -0.15) is 4.39 Å². The summed E-state index contributed by atoms with van der Waals surface area (Å²) in [4.78, 5) is 0. The van der Waals surface area contributed by atoms with Gasteiger partial charge in [0.15, 0.2) is 11.5 Å². The smallest absolute Gasteiger partial charge is 0.207 e. The summed E-state index contributed by atoms with van der Waals surface area (Å²) in [5.41, 5.74) is 6.61. The summed E-state index contributed by atoms with van der Waals surface area (Å²) in [5.74, 6) is 0.288. The van der Waals surface area contributed by atoms with Crippen LogP contribution in [0.1, 0.15) is 18.0 Å². The second-order valence-electron chi connectivity index (χ2n) is 4.60. The predicted molar refractivity (Wildman–Crippen MR) is 75.0 cm³/mol. The van der Waals surface area contributed by atoms with E-state index in [2.05, 4.69) is 0 Å². The van der Waals surface area contributed by atoms with E-state index in [1.165, 1.54) is 0 Å². The highest BCUT2D eigenvalue weighted by Gasteiger charge is 2.24. The second-order valence-corrected chi connectivity index (χ2v) is 5.03. The van der Waals surface area contributed by atoms with Crippen molar-refractivity contribution in [2.24, 2.45) is 5.73 Å². The van der Waals surface area contributed by atoms with Gasteiger partial charge >= 0.3 is 0 Å². The summed E-state index contributed by atoms with van der Waals surface area (Å²) in [7, 11) is 0. The number of ether oxygens (including phenoxy) is 2. The molecule has 3 nitrogen and oxygen atoms in total. The molecule has 0 saturated heterocycles. The summed E-state index contributed by atoms with van der Waals surface area (Å²) in [5, 5.41) is 0.595. The monoisotopic (exact) mass is 293 g/mol. The summed E-state index contributed by atoms with van der Waals surface area (Å²) in [6, 6.07) is 9.82. The van der Waals surface area contributed by atoms with Crippen molar-refractivity contribution in [3.05, 3.63) is 52.8 Å². The van der Waals surface area contributed by atoms with Crippen molar-refractivity contribution >= 4 is 11.6 Å². The van der Waals surface area contributed by atoms with Gasteiger partial charge in [0, 0.05) is 23.0 Å². The number of fused-ring (bicyclic) bond motifs is 1. The molecule has 104 valence electrons. The highest BCUT2D eigenvalue weighted by atomic mass is 35.5. The molecule has 0 aliphatic carbocycles. The van der Waals surface area contributed by atoms with E-state index in [0.29, 0.717) is 29.4 Å². The molecule has 0 fully saturated rings. The predicted octanol–water partition coefficient (Wildman–Crippen LogP) is 4.05. The average molecular weight is 294 g/mol. The van der Waals surface area contributed by atoms with Crippen molar-refractivity contribution < 1.29 is 13.9 Å². The topological polar surface area (TPSA) is 44.5 Å². The lowest BCUT2D eigenvalue weighted by atomic mass is 10.0. The third-order valence-electron chi connectivity index (χ3n) is 3.21. The Kier molecular flexibility index (Phi) is 3.51. The number of benzene rings is 2. The first kappa shape index (κ1) is 13.2. The maximum Gasteiger partial charge on any atom is 0.207 e. The van der Waals surface area contributed by atoms with Gasteiger partial charge in [0.1, 0.15) is 5.75 Å². The molecular formula is C15H13ClFNO2. The van der Waals surface area contributed by atoms with Crippen LogP contribution in [0.5, 0.6) is 17.2 Å². The van der Waals surface area contributed by atoms with Crippen molar-refractivity contribution in [1.29, 1.82) is 0 Å². The minimum atomic E-state index is -0.521. The van der Waals surface area contributed by atoms with E-state index in [9.17, 15) is 4.39 Å². The first-order chi connectivity index (χ1) is 9.65. The minimum Gasteiger partial charge on any atom is -0.490 e. The van der Waals surface area contributed by atoms with Gasteiger partial charge in [0.2, 0.25) is 5.82 Å². The largest absolute Gasteiger partial charge is 0.490 e. The second kappa shape index (κ2) is 5.31. The van der Waals surface area contributed by atoms with Crippen molar-refractivity contribution in [3.63, 3.8) is 0 Å². The lowest BCUT2D eigenvalue weighted by Crippen LogP contribution is -2.21. The van der Waals surface area contributed by atoms with Crippen LogP contribution in [-0.4, -0.2) is 6.61 Å². The summed E-state index contributed by atoms with van der Waals surface area (Å²) >= 11 is 5.79. The van der Waals surface area contributed by atoms with E-state index in [0.717, 1.165) is 0 Å². The molecule has 0 radical (unpaired) electrons. The Hall–Kier alpha value is -1.78. The molecule has 1 atom stereocenters. The number of halogens is 2. The van der Waals surface area contributed by atoms with Crippen LogP contribution in [0, 0.1) is 5.82 Å². The maximum absolute atomic E-state index is 14.4. The van der Waals surface area contributed by atoms with Crippen LogP contribution in [-0.2, 0) is 0 Å². The van der Waals surface area contributed by atoms with Crippen molar-refractivity contribution in [3.8, 4) is 17.2 Å². The number of hydrogen-bond acceptors (Lipinski definition) is 3. The van der Waals surface area contributed by atoms with E-state index in [-0.39, 0.29) is 17.5 Å². The molecule has 2 N–H and O–H groups in total. The Morgan fingerprint density at radius 2 is 1.95 bits per heavy atom. The minimum absolute atomic E-state index is 0.111. The molecule has 1 unspecified atom stereocenters. The molecule has 1 heterocycles. The maximum atomic E-state index is 14.4. The van der Waals surface area contributed by atoms with Crippen molar-refractivity contribution in [1.82, 2.24) is 0 Å². The average Bonchev–Trinajstić information content (AvgIpc) is 2.45. The lowest BCUT2D eigenvalue weighted by Gasteiger charge is -2.24. The Balaban J connectivity index is 1.93. The Morgan fingerprint density at radius 3 is 2.70 bits per heavy atom. The molecule has 0 bridgehead atoms. The van der Waals surface area contributed by atoms with Gasteiger partial charge in [-0.1, -0.05) is 11.6 Å². The normalized spacial score (nSPS) is 17.2. The van der Waals surface area contributed by atoms with Gasteiger partial charge in [0.25, 0.3) is 0 Å². The van der Waals surface area contributed by atoms with E-state index >= 15 is 0 Å². The van der Waals surface area contributed by atoms with E-state index in [1.807, 2.05) is 0 Å². The van der Waals surface area contributed by atoms with E-state index in [1.54, 1.807) is 36.4 Å². The Bertz CT molecular complexity index is 631. The van der Waals surface area contributed by atoms with Crippen LogP contribution in [0.4, 0.5) is 4.39 Å². The molecule has 0 spiro atoms. The van der Waals surface area contributed by atoms with E-state index < -0.39 is 5.82 Å². The van der Waals surface area contributed by atoms with Crippen molar-refractivity contribution in [2.45, 2.75) is 12.5 Å². The van der Waals surface area contributed by atoms with E-state index in [4.69, 9.17) is 26.8 Å². The fourth-order valence-electron chi connectivity index (χ4n) is 2.14. The molecule has 0 aromatic heterocycles. The summed E-state index contributed by atoms with van der Waals surface area (Å²) < 4.78 is 25.2. The first-order valence-corrected chi connectivity index (χ1v) is 6.67. The van der Waals surface area contributed by atoms with Gasteiger partial charge < -0.3 is 15.2 Å². The molecule has 2 aromatic carbocycles. The highest BCUT2D eigenvalue weighted by molar-refractivity contribution is 6.30. The van der Waals surface area contributed by atoms with Gasteiger partial charge in [-0.3, -0.25) is 0 Å². The molecule has 20 heavy (non-hydrogen) atoms. The number of nitrogens with two attached hydrogens (primary N) is 1. The molecule has 0 amide bonds. The quantitative estimate of drug-likeness (QED) is 0.908. The zero-order valence-electron chi connectivity index (χ0n) is 10.6. The van der Waals surface area contributed by atoms with Gasteiger partial charge in [0.05, 0.1) is 6.61 Å². The molecule has 5 heteroatoms. The molecule has 1 aliphatic rings. The Morgan fingerprint density at radius 1 is 1.20 bits per heavy atom. The van der Waals surface area contributed by atoms with Gasteiger partial charge in [-0.15, -0.1) is 0 Å². The SMILES string of the molecule is NC1CCOc2c1ccc(Oc1ccc(Cl)cc1)c2F. The van der Waals surface area contributed by atoms with Crippen LogP contribution >= 0.6 is 11.6 Å². The van der Waals surface area contributed by atoms with Gasteiger partial charge in [-0.05, 0) is 36.4 Å². The third-order valence-corrected chi connectivity index (χ3v) is 3.46. The number of rotatable bonds is 2. The molecule has 0 saturated carbocycles. The highest BCUT2D eigenvalue weighted by Crippen LogP contribution is 2.38. The standard InChI is InChI=1S/C15H13ClFNO2/c16-9-1-3-10(4-2-9)20-13-6-5-11-12(18)7-8-19-15(11)14(13)17/h1-6,12H,7-8,18H2. The zero-order chi connectivity index (χ0) is 14.1. The third kappa shape index (κ3) is 2.44. The van der Waals surface area contributed by atoms with Crippen molar-refractivity contribution in [2.75, 3.05) is 6.61 Å². The number of hydrogen-bond donors (Lipinski definition) is 1. The zero-order valence-corrected chi connectivity index (χ0v) is 11.4. The summed E-state index contributed by atoms with van der Waals surface area (Å²) in [6.45, 7) is 0.412. The van der Waals surface area contributed by atoms with Crippen LogP contribution < -0.4 is 15.2 Å². The fraction of sp³-hybridized carbons (Fsp3) is 0.200. The van der Waals surface area contributed by atoms with Crippen LogP contribution in [0.2, 0.25) is 5.02 Å². The lowest BCUT2D eigenvalue weighted by molar-refractivity contribution is 0.252. The molecule has 2 aromatic rings. The first-order valence-electron chi connectivity index (χ1n) is 6.29. The fourth-order valence-corrected chi connectivity index (χ4v) is 2.27. The molecular weight excluding hydrogens is 281 g/mol.